The molecule has 0 atom stereocenters. The number of benzene rings is 1. The molecule has 1 aromatic carbocycles. The van der Waals surface area contributed by atoms with E-state index in [-0.39, 0.29) is 6.61 Å². The molecule has 0 aliphatic carbocycles. The van der Waals surface area contributed by atoms with Crippen LogP contribution in [0.25, 0.3) is 0 Å². The van der Waals surface area contributed by atoms with Gasteiger partial charge < -0.3 is 10.5 Å². The van der Waals surface area contributed by atoms with Gasteiger partial charge in [0.05, 0.1) is 17.4 Å². The Hall–Kier alpha value is -1.29. The van der Waals surface area contributed by atoms with Crippen LogP contribution in [0.3, 0.4) is 0 Å². The largest absolute Gasteiger partial charge is 0.489 e. The van der Waals surface area contributed by atoms with E-state index in [0.29, 0.717) is 23.2 Å². The summed E-state index contributed by atoms with van der Waals surface area (Å²) in [5.74, 6) is 1.00. The molecule has 1 rings (SSSR count). The maximum absolute atomic E-state index is 11.9. The molecule has 5 heteroatoms. The SMILES string of the molecule is CC(N)=NCc1ccc(OCC[18F])c(Cl)c1. The zero-order valence-electron chi connectivity index (χ0n) is 9.04. The van der Waals surface area contributed by atoms with Gasteiger partial charge in [-0.3, -0.25) is 4.99 Å². The molecule has 0 amide bonds. The van der Waals surface area contributed by atoms with Crippen molar-refractivity contribution in [3.63, 3.8) is 0 Å². The van der Waals surface area contributed by atoms with E-state index < -0.39 is 6.67 Å². The highest BCUT2D eigenvalue weighted by atomic mass is 35.5. The molecule has 0 unspecified atom stereocenters. The summed E-state index contributed by atoms with van der Waals surface area (Å²) in [4.78, 5) is 4.06. The lowest BCUT2D eigenvalue weighted by atomic mass is 10.2. The Kier molecular flexibility index (Phi) is 5.05. The van der Waals surface area contributed by atoms with Gasteiger partial charge in [0.15, 0.2) is 0 Å². The number of hydrogen-bond donors (Lipinski definition) is 1. The van der Waals surface area contributed by atoms with Crippen molar-refractivity contribution in [2.75, 3.05) is 13.3 Å². The first-order valence-electron chi connectivity index (χ1n) is 4.87. The van der Waals surface area contributed by atoms with E-state index in [1.807, 2.05) is 6.07 Å². The topological polar surface area (TPSA) is 47.6 Å². The second-order valence-electron chi connectivity index (χ2n) is 3.26. The standard InChI is InChI=1S/C11H14ClFN2O/c1-8(14)15-7-9-2-3-11(10(12)6-9)16-5-4-13/h2-3,6H,4-5,7H2,1H3,(H2,14,15)/i13-1. The number of nitrogens with zero attached hydrogens (tertiary/aromatic N) is 1. The molecule has 0 saturated heterocycles. The zero-order chi connectivity index (χ0) is 12.0. The van der Waals surface area contributed by atoms with Crippen LogP contribution in [-0.4, -0.2) is 19.1 Å². The summed E-state index contributed by atoms with van der Waals surface area (Å²) in [6, 6.07) is 5.27. The second kappa shape index (κ2) is 6.33. The first kappa shape index (κ1) is 12.8. The van der Waals surface area contributed by atoms with Crippen LogP contribution in [0.15, 0.2) is 23.2 Å². The van der Waals surface area contributed by atoms with Crippen molar-refractivity contribution in [2.45, 2.75) is 13.5 Å². The molecule has 0 spiro atoms. The third-order valence-electron chi connectivity index (χ3n) is 1.84. The molecule has 0 aromatic heterocycles. The molecule has 0 aliphatic heterocycles. The Labute approximate surface area is 99.1 Å². The minimum absolute atomic E-state index is 0.0130. The van der Waals surface area contributed by atoms with Crippen LogP contribution in [0.1, 0.15) is 12.5 Å². The van der Waals surface area contributed by atoms with E-state index >= 15 is 0 Å². The molecular weight excluding hydrogens is 230 g/mol. The Morgan fingerprint density at radius 2 is 2.31 bits per heavy atom. The van der Waals surface area contributed by atoms with Gasteiger partial charge in [-0.1, -0.05) is 17.7 Å². The molecule has 0 fully saturated rings. The summed E-state index contributed by atoms with van der Waals surface area (Å²) in [5, 5.41) is 0.454. The molecule has 1 aromatic rings. The number of alkyl halides is 1. The van der Waals surface area contributed by atoms with E-state index in [1.54, 1.807) is 19.1 Å². The Morgan fingerprint density at radius 3 is 2.88 bits per heavy atom. The number of ether oxygens (including phenoxy) is 1. The first-order valence-corrected chi connectivity index (χ1v) is 5.25. The summed E-state index contributed by atoms with van der Waals surface area (Å²) >= 11 is 5.95. The van der Waals surface area contributed by atoms with E-state index in [2.05, 4.69) is 4.99 Å². The summed E-state index contributed by atoms with van der Waals surface area (Å²) < 4.78 is 17.0. The summed E-state index contributed by atoms with van der Waals surface area (Å²) in [7, 11) is 0. The molecule has 3 nitrogen and oxygen atoms in total. The first-order chi connectivity index (χ1) is 7.63. The van der Waals surface area contributed by atoms with Crippen molar-refractivity contribution < 1.29 is 9.13 Å². The molecule has 0 bridgehead atoms. The maximum atomic E-state index is 11.9. The monoisotopic (exact) mass is 243 g/mol. The smallest absolute Gasteiger partial charge is 0.138 e. The predicted molar refractivity (Wildman–Crippen MR) is 63.9 cm³/mol. The van der Waals surface area contributed by atoms with Crippen molar-refractivity contribution >= 4 is 17.4 Å². The van der Waals surface area contributed by atoms with Crippen LogP contribution in [-0.2, 0) is 6.54 Å². The normalized spacial score (nSPS) is 11.6. The fourth-order valence-corrected chi connectivity index (χ4v) is 1.38. The molecule has 2 N–H and O–H groups in total. The van der Waals surface area contributed by atoms with Crippen molar-refractivity contribution in [3.8, 4) is 5.75 Å². The van der Waals surface area contributed by atoms with Crippen molar-refractivity contribution in [1.29, 1.82) is 0 Å². The fourth-order valence-electron chi connectivity index (χ4n) is 1.12. The minimum atomic E-state index is -0.533. The average Bonchev–Trinajstić information content (AvgIpc) is 2.25. The van der Waals surface area contributed by atoms with Crippen LogP contribution in [0.2, 0.25) is 5.02 Å². The summed E-state index contributed by atoms with van der Waals surface area (Å²) in [6.07, 6.45) is 0. The van der Waals surface area contributed by atoms with Gasteiger partial charge in [0.25, 0.3) is 0 Å². The van der Waals surface area contributed by atoms with Crippen LogP contribution >= 0.6 is 11.6 Å². The highest BCUT2D eigenvalue weighted by Gasteiger charge is 2.02. The van der Waals surface area contributed by atoms with E-state index in [4.69, 9.17) is 22.1 Å². The Bertz CT molecular complexity index is 378. The number of nitrogens with two attached hydrogens (primary N) is 1. The third kappa shape index (κ3) is 4.06. The van der Waals surface area contributed by atoms with Crippen LogP contribution in [0, 0.1) is 0 Å². The molecule has 88 valence electrons. The van der Waals surface area contributed by atoms with Gasteiger partial charge in [-0.25, -0.2) is 4.39 Å². The number of hydrogen-bond acceptors (Lipinski definition) is 2. The van der Waals surface area contributed by atoms with Gasteiger partial charge in [0.2, 0.25) is 0 Å². The van der Waals surface area contributed by atoms with Crippen LogP contribution in [0.5, 0.6) is 5.75 Å². The lowest BCUT2D eigenvalue weighted by Gasteiger charge is -2.07. The molecule has 16 heavy (non-hydrogen) atoms. The summed E-state index contributed by atoms with van der Waals surface area (Å²) in [5.41, 5.74) is 6.36. The van der Waals surface area contributed by atoms with Gasteiger partial charge >= 0.3 is 0 Å². The quantitative estimate of drug-likeness (QED) is 0.638. The number of aliphatic imine (C=N–C) groups is 1. The number of amidine groups is 1. The number of halogens is 2. The number of rotatable bonds is 5. The molecule has 0 saturated carbocycles. The predicted octanol–water partition coefficient (Wildman–Crippen LogP) is 2.57. The van der Waals surface area contributed by atoms with Crippen LogP contribution < -0.4 is 10.5 Å². The average molecular weight is 244 g/mol. The van der Waals surface area contributed by atoms with Crippen molar-refractivity contribution in [1.82, 2.24) is 0 Å². The molecular formula is C11H14ClFN2O. The highest BCUT2D eigenvalue weighted by molar-refractivity contribution is 6.32. The molecule has 0 radical (unpaired) electrons. The van der Waals surface area contributed by atoms with Crippen LogP contribution in [0.4, 0.5) is 4.39 Å². The van der Waals surface area contributed by atoms with Gasteiger partial charge in [-0.15, -0.1) is 0 Å². The fraction of sp³-hybridized carbons (Fsp3) is 0.364. The lowest BCUT2D eigenvalue weighted by Crippen LogP contribution is -2.05. The van der Waals surface area contributed by atoms with Gasteiger partial charge in [0.1, 0.15) is 19.0 Å². The van der Waals surface area contributed by atoms with E-state index in [1.165, 1.54) is 0 Å². The van der Waals surface area contributed by atoms with E-state index in [0.717, 1.165) is 5.56 Å². The Balaban J connectivity index is 2.70. The van der Waals surface area contributed by atoms with Gasteiger partial charge in [-0.2, -0.15) is 0 Å². The lowest BCUT2D eigenvalue weighted by molar-refractivity contribution is 0.273. The minimum Gasteiger partial charge on any atom is -0.489 e. The highest BCUT2D eigenvalue weighted by Crippen LogP contribution is 2.25. The third-order valence-corrected chi connectivity index (χ3v) is 2.14. The molecule has 0 aliphatic rings. The van der Waals surface area contributed by atoms with E-state index in [9.17, 15) is 4.39 Å². The maximum Gasteiger partial charge on any atom is 0.138 e. The van der Waals surface area contributed by atoms with Gasteiger partial charge in [0, 0.05) is 0 Å². The summed E-state index contributed by atoms with van der Waals surface area (Å²) in [6.45, 7) is 1.68. The molecule has 0 heterocycles. The second-order valence-corrected chi connectivity index (χ2v) is 3.67. The zero-order valence-corrected chi connectivity index (χ0v) is 9.80. The van der Waals surface area contributed by atoms with Crippen molar-refractivity contribution in [3.05, 3.63) is 28.8 Å². The Morgan fingerprint density at radius 1 is 1.56 bits per heavy atom. The van der Waals surface area contributed by atoms with Gasteiger partial charge in [-0.05, 0) is 24.6 Å². The van der Waals surface area contributed by atoms with Crippen molar-refractivity contribution in [2.24, 2.45) is 10.7 Å².